The minimum absolute atomic E-state index is 0.176. The van der Waals surface area contributed by atoms with Crippen LogP contribution in [0.5, 0.6) is 0 Å². The lowest BCUT2D eigenvalue weighted by molar-refractivity contribution is -0.143. The average Bonchev–Trinajstić information content (AvgIpc) is 2.69. The Balaban J connectivity index is 2.25. The Kier molecular flexibility index (Phi) is 4.80. The van der Waals surface area contributed by atoms with Gasteiger partial charge in [-0.05, 0) is 41.8 Å². The molecule has 1 aliphatic heterocycles. The maximum atomic E-state index is 12.5. The minimum Gasteiger partial charge on any atom is -0.481 e. The van der Waals surface area contributed by atoms with E-state index in [9.17, 15) is 13.2 Å². The van der Waals surface area contributed by atoms with Gasteiger partial charge in [0.1, 0.15) is 4.21 Å². The van der Waals surface area contributed by atoms with Crippen LogP contribution in [0.2, 0.25) is 5.02 Å². The van der Waals surface area contributed by atoms with Crippen molar-refractivity contribution >= 4 is 54.9 Å². The second kappa shape index (κ2) is 5.92. The van der Waals surface area contributed by atoms with Gasteiger partial charge in [-0.1, -0.05) is 11.6 Å². The summed E-state index contributed by atoms with van der Waals surface area (Å²) in [5.41, 5.74) is 0. The summed E-state index contributed by atoms with van der Waals surface area (Å²) in [5.74, 6) is -1.34. The summed E-state index contributed by atoms with van der Waals surface area (Å²) in [7, 11) is -3.62. The SMILES string of the molecule is CC1CC(C(=O)O)CCN1S(=O)(=O)c1cc(Cl)c(Br)s1. The first kappa shape index (κ1) is 16.2. The third kappa shape index (κ3) is 3.04. The zero-order valence-corrected chi connectivity index (χ0v) is 14.5. The maximum Gasteiger partial charge on any atom is 0.306 e. The molecule has 0 spiro atoms. The van der Waals surface area contributed by atoms with Gasteiger partial charge in [0.25, 0.3) is 10.0 Å². The van der Waals surface area contributed by atoms with Crippen LogP contribution in [0.15, 0.2) is 14.1 Å². The van der Waals surface area contributed by atoms with E-state index in [1.165, 1.54) is 10.4 Å². The first-order valence-electron chi connectivity index (χ1n) is 5.93. The van der Waals surface area contributed by atoms with Crippen LogP contribution in [0.3, 0.4) is 0 Å². The monoisotopic (exact) mass is 401 g/mol. The molecule has 0 aliphatic carbocycles. The Bertz CT molecular complexity index is 611. The summed E-state index contributed by atoms with van der Waals surface area (Å²) < 4.78 is 27.2. The molecule has 20 heavy (non-hydrogen) atoms. The third-order valence-corrected chi connectivity index (χ3v) is 8.29. The van der Waals surface area contributed by atoms with Gasteiger partial charge in [0, 0.05) is 12.6 Å². The van der Waals surface area contributed by atoms with Crippen molar-refractivity contribution in [2.24, 2.45) is 5.92 Å². The highest BCUT2D eigenvalue weighted by molar-refractivity contribution is 9.11. The highest BCUT2D eigenvalue weighted by Crippen LogP contribution is 2.37. The molecule has 2 rings (SSSR count). The molecule has 112 valence electrons. The second-order valence-electron chi connectivity index (χ2n) is 4.71. The van der Waals surface area contributed by atoms with Gasteiger partial charge in [0.05, 0.1) is 14.7 Å². The molecule has 9 heteroatoms. The molecule has 1 saturated heterocycles. The van der Waals surface area contributed by atoms with E-state index in [1.54, 1.807) is 6.92 Å². The third-order valence-electron chi connectivity index (χ3n) is 3.35. The molecular weight excluding hydrogens is 390 g/mol. The van der Waals surface area contributed by atoms with E-state index in [-0.39, 0.29) is 16.8 Å². The number of sulfonamides is 1. The Morgan fingerprint density at radius 1 is 1.60 bits per heavy atom. The number of piperidine rings is 1. The predicted molar refractivity (Wildman–Crippen MR) is 80.7 cm³/mol. The normalized spacial score (nSPS) is 24.8. The number of hydrogen-bond donors (Lipinski definition) is 1. The van der Waals surface area contributed by atoms with Gasteiger partial charge in [0.2, 0.25) is 0 Å². The Labute approximate surface area is 134 Å². The lowest BCUT2D eigenvalue weighted by Gasteiger charge is -2.34. The fraction of sp³-hybridized carbons (Fsp3) is 0.545. The first-order chi connectivity index (χ1) is 9.23. The second-order valence-corrected chi connectivity index (χ2v) is 9.61. The van der Waals surface area contributed by atoms with Crippen molar-refractivity contribution in [3.05, 3.63) is 14.9 Å². The molecule has 1 aromatic rings. The molecule has 2 unspecified atom stereocenters. The van der Waals surface area contributed by atoms with E-state index in [2.05, 4.69) is 15.9 Å². The standard InChI is InChI=1S/C11H13BrClNO4S2/c1-6-4-7(11(15)16)2-3-14(6)20(17,18)9-5-8(13)10(12)19-9/h5-7H,2-4H2,1H3,(H,15,16). The Morgan fingerprint density at radius 2 is 2.25 bits per heavy atom. The van der Waals surface area contributed by atoms with Crippen LogP contribution in [0.25, 0.3) is 0 Å². The van der Waals surface area contributed by atoms with E-state index in [0.717, 1.165) is 11.3 Å². The average molecular weight is 403 g/mol. The molecular formula is C11H13BrClNO4S2. The largest absolute Gasteiger partial charge is 0.481 e. The van der Waals surface area contributed by atoms with E-state index in [1.807, 2.05) is 0 Å². The van der Waals surface area contributed by atoms with Crippen LogP contribution >= 0.6 is 38.9 Å². The summed E-state index contributed by atoms with van der Waals surface area (Å²) >= 11 is 10.1. The number of nitrogens with zero attached hydrogens (tertiary/aromatic N) is 1. The fourth-order valence-electron chi connectivity index (χ4n) is 2.30. The number of rotatable bonds is 3. The van der Waals surface area contributed by atoms with Crippen LogP contribution < -0.4 is 0 Å². The van der Waals surface area contributed by atoms with Gasteiger partial charge in [-0.15, -0.1) is 11.3 Å². The summed E-state index contributed by atoms with van der Waals surface area (Å²) in [6, 6.07) is 1.08. The summed E-state index contributed by atoms with van der Waals surface area (Å²) in [5, 5.41) is 9.37. The van der Waals surface area contributed by atoms with E-state index >= 15 is 0 Å². The Hall–Kier alpha value is -0.150. The number of hydrogen-bond acceptors (Lipinski definition) is 4. The van der Waals surface area contributed by atoms with Crippen LogP contribution in [0.4, 0.5) is 0 Å². The van der Waals surface area contributed by atoms with Gasteiger partial charge in [-0.3, -0.25) is 4.79 Å². The van der Waals surface area contributed by atoms with Gasteiger partial charge in [-0.25, -0.2) is 8.42 Å². The molecule has 0 aromatic carbocycles. The molecule has 1 fully saturated rings. The van der Waals surface area contributed by atoms with E-state index in [0.29, 0.717) is 21.7 Å². The Morgan fingerprint density at radius 3 is 2.70 bits per heavy atom. The van der Waals surface area contributed by atoms with Crippen molar-refractivity contribution in [3.8, 4) is 0 Å². The van der Waals surface area contributed by atoms with Crippen LogP contribution in [-0.2, 0) is 14.8 Å². The molecule has 1 aliphatic rings. The molecule has 2 atom stereocenters. The van der Waals surface area contributed by atoms with Crippen molar-refractivity contribution < 1.29 is 18.3 Å². The molecule has 0 saturated carbocycles. The van der Waals surface area contributed by atoms with E-state index in [4.69, 9.17) is 16.7 Å². The molecule has 0 amide bonds. The summed E-state index contributed by atoms with van der Waals surface area (Å²) in [4.78, 5) is 11.0. The lowest BCUT2D eigenvalue weighted by Crippen LogP contribution is -2.45. The van der Waals surface area contributed by atoms with Crippen LogP contribution in [0.1, 0.15) is 19.8 Å². The van der Waals surface area contributed by atoms with Crippen molar-refractivity contribution in [1.29, 1.82) is 0 Å². The van der Waals surface area contributed by atoms with Gasteiger partial charge < -0.3 is 5.11 Å². The molecule has 0 radical (unpaired) electrons. The molecule has 0 bridgehead atoms. The number of thiophene rings is 1. The van der Waals surface area contributed by atoms with Crippen LogP contribution in [-0.4, -0.2) is 36.4 Å². The molecule has 2 heterocycles. The highest BCUT2D eigenvalue weighted by atomic mass is 79.9. The summed E-state index contributed by atoms with van der Waals surface area (Å²) in [6.07, 6.45) is 0.661. The molecule has 1 aromatic heterocycles. The minimum atomic E-state index is -3.62. The van der Waals surface area contributed by atoms with Crippen molar-refractivity contribution in [2.45, 2.75) is 30.0 Å². The van der Waals surface area contributed by atoms with E-state index < -0.39 is 21.9 Å². The highest BCUT2D eigenvalue weighted by Gasteiger charge is 2.37. The number of carbonyl (C=O) groups is 1. The smallest absolute Gasteiger partial charge is 0.306 e. The van der Waals surface area contributed by atoms with Crippen molar-refractivity contribution in [3.63, 3.8) is 0 Å². The van der Waals surface area contributed by atoms with Gasteiger partial charge >= 0.3 is 5.97 Å². The first-order valence-corrected chi connectivity index (χ1v) is 9.35. The van der Waals surface area contributed by atoms with Gasteiger partial charge in [0.15, 0.2) is 0 Å². The van der Waals surface area contributed by atoms with Crippen molar-refractivity contribution in [2.75, 3.05) is 6.54 Å². The lowest BCUT2D eigenvalue weighted by atomic mass is 9.93. The molecule has 1 N–H and O–H groups in total. The number of carboxylic acids is 1. The number of halogens is 2. The number of carboxylic acid groups (broad SMARTS) is 1. The topological polar surface area (TPSA) is 74.7 Å². The zero-order chi connectivity index (χ0) is 15.1. The zero-order valence-electron chi connectivity index (χ0n) is 10.5. The van der Waals surface area contributed by atoms with Crippen molar-refractivity contribution in [1.82, 2.24) is 4.31 Å². The summed E-state index contributed by atoms with van der Waals surface area (Å²) in [6.45, 7) is 1.95. The number of aliphatic carboxylic acids is 1. The fourth-order valence-corrected chi connectivity index (χ4v) is 6.49. The van der Waals surface area contributed by atoms with Gasteiger partial charge in [-0.2, -0.15) is 4.31 Å². The predicted octanol–water partition coefficient (Wildman–Crippen LogP) is 3.04. The van der Waals surface area contributed by atoms with Crippen LogP contribution in [0, 0.1) is 5.92 Å². The molecule has 5 nitrogen and oxygen atoms in total. The quantitative estimate of drug-likeness (QED) is 0.843. The maximum absolute atomic E-state index is 12.5.